The first kappa shape index (κ1) is 27.7. The van der Waals surface area contributed by atoms with Crippen molar-refractivity contribution in [3.05, 3.63) is 63.0 Å². The minimum Gasteiger partial charge on any atom is -0.478 e. The highest BCUT2D eigenvalue weighted by molar-refractivity contribution is 7.11. The molecule has 44 heavy (non-hydrogen) atoms. The second-order valence-electron chi connectivity index (χ2n) is 13.1. The molecule has 13 heteroatoms. The van der Waals surface area contributed by atoms with Gasteiger partial charge in [0.25, 0.3) is 0 Å². The van der Waals surface area contributed by atoms with Crippen LogP contribution in [0.4, 0.5) is 9.18 Å². The van der Waals surface area contributed by atoms with Crippen molar-refractivity contribution >= 4 is 35.1 Å². The fourth-order valence-corrected chi connectivity index (χ4v) is 9.09. The van der Waals surface area contributed by atoms with Crippen LogP contribution in [-0.4, -0.2) is 110 Å². The van der Waals surface area contributed by atoms with Gasteiger partial charge in [-0.15, -0.1) is 11.3 Å². The van der Waals surface area contributed by atoms with Gasteiger partial charge in [0.2, 0.25) is 5.91 Å². The summed E-state index contributed by atoms with van der Waals surface area (Å²) in [5, 5.41) is 16.2. The Hall–Kier alpha value is -3.84. The van der Waals surface area contributed by atoms with E-state index in [1.807, 2.05) is 10.3 Å². The average Bonchev–Trinajstić information content (AvgIpc) is 3.70. The first-order valence-electron chi connectivity index (χ1n) is 15.3. The summed E-state index contributed by atoms with van der Waals surface area (Å²) in [6.07, 6.45) is 5.86. The smallest absolute Gasteiger partial charge is 0.335 e. The number of aromatic nitrogens is 1. The first-order valence-corrected chi connectivity index (χ1v) is 16.1. The molecule has 2 unspecified atom stereocenters. The molecule has 1 aromatic carbocycles. The summed E-state index contributed by atoms with van der Waals surface area (Å²) in [7, 11) is 0. The standard InChI is InChI=1S/C31H34FN7O4S/c1-18-20(4-2-5-21(18)32)25-24(28(41)42)22(34-26(35-25)27-33-7-11-44-27)14-36-9-10-37-19(12-36)13-39(29(37)43)31-15-30(16-31,17-31)38-8-3-6-23(38)40/h2,4-5,7,11,19,25H,3,6,8-10,12-17H2,1H3,(H,34,35)(H,41,42). The fourth-order valence-electron chi connectivity index (χ4n) is 8.51. The van der Waals surface area contributed by atoms with E-state index in [4.69, 9.17) is 4.99 Å². The maximum absolute atomic E-state index is 14.6. The molecule has 4 aliphatic heterocycles. The molecule has 3 amide bonds. The fraction of sp³-hybridized carbons (Fsp3) is 0.516. The number of carbonyl (C=O) groups excluding carboxylic acids is 2. The lowest BCUT2D eigenvalue weighted by atomic mass is 9.42. The summed E-state index contributed by atoms with van der Waals surface area (Å²) in [5.41, 5.74) is 1.27. The highest BCUT2D eigenvalue weighted by Crippen LogP contribution is 2.67. The van der Waals surface area contributed by atoms with Crippen LogP contribution in [0.5, 0.6) is 0 Å². The molecule has 3 saturated carbocycles. The number of carboxylic acid groups (broad SMARTS) is 1. The Morgan fingerprint density at radius 2 is 1.93 bits per heavy atom. The van der Waals surface area contributed by atoms with Gasteiger partial charge in [0.05, 0.1) is 17.2 Å². The van der Waals surface area contributed by atoms with Crippen LogP contribution in [-0.2, 0) is 9.59 Å². The van der Waals surface area contributed by atoms with Crippen LogP contribution in [0.15, 0.2) is 46.0 Å². The van der Waals surface area contributed by atoms with Gasteiger partial charge in [0.1, 0.15) is 11.9 Å². The lowest BCUT2D eigenvalue weighted by Gasteiger charge is -2.75. The van der Waals surface area contributed by atoms with Crippen molar-refractivity contribution in [2.75, 3.05) is 39.3 Å². The number of likely N-dealkylation sites (tertiary alicyclic amines) is 1. The van der Waals surface area contributed by atoms with Crippen LogP contribution in [0.3, 0.4) is 0 Å². The number of hydrogen-bond donors (Lipinski definition) is 2. The molecule has 1 aromatic heterocycles. The van der Waals surface area contributed by atoms with E-state index >= 15 is 0 Å². The minimum atomic E-state index is -1.11. The van der Waals surface area contributed by atoms with E-state index in [9.17, 15) is 23.9 Å². The number of aliphatic carboxylic acids is 1. The van der Waals surface area contributed by atoms with Crippen molar-refractivity contribution in [1.82, 2.24) is 29.9 Å². The number of piperazine rings is 1. The number of rotatable bonds is 7. The molecule has 2 N–H and O–H groups in total. The molecular weight excluding hydrogens is 585 g/mol. The number of fused-ring (bicyclic) bond motifs is 1. The lowest BCUT2D eigenvalue weighted by Crippen LogP contribution is -2.83. The van der Waals surface area contributed by atoms with Crippen LogP contribution < -0.4 is 5.32 Å². The minimum absolute atomic E-state index is 0.000438. The third-order valence-electron chi connectivity index (χ3n) is 10.6. The second kappa shape index (κ2) is 9.83. The number of nitrogens with zero attached hydrogens (tertiary/aromatic N) is 6. The van der Waals surface area contributed by atoms with Crippen molar-refractivity contribution in [1.29, 1.82) is 0 Å². The highest BCUT2D eigenvalue weighted by Gasteiger charge is 2.75. The van der Waals surface area contributed by atoms with Gasteiger partial charge in [-0.05, 0) is 49.8 Å². The number of amidine groups is 1. The molecule has 0 spiro atoms. The molecule has 3 saturated heterocycles. The third-order valence-corrected chi connectivity index (χ3v) is 11.4. The molecule has 2 aromatic rings. The topological polar surface area (TPSA) is 122 Å². The molecule has 3 aliphatic carbocycles. The molecule has 2 atom stereocenters. The molecule has 5 heterocycles. The van der Waals surface area contributed by atoms with Gasteiger partial charge in [0, 0.05) is 68.5 Å². The summed E-state index contributed by atoms with van der Waals surface area (Å²) in [4.78, 5) is 56.1. The number of urea groups is 1. The first-order chi connectivity index (χ1) is 21.2. The quantitative estimate of drug-likeness (QED) is 0.489. The van der Waals surface area contributed by atoms with Crippen molar-refractivity contribution in [2.45, 2.75) is 62.2 Å². The van der Waals surface area contributed by atoms with Gasteiger partial charge < -0.3 is 25.1 Å². The monoisotopic (exact) mass is 619 g/mol. The summed E-state index contributed by atoms with van der Waals surface area (Å²) in [6, 6.07) is 3.85. The Bertz CT molecular complexity index is 1620. The summed E-state index contributed by atoms with van der Waals surface area (Å²) in [6.45, 7) is 5.20. The van der Waals surface area contributed by atoms with Gasteiger partial charge in [-0.25, -0.2) is 19.0 Å². The highest BCUT2D eigenvalue weighted by atomic mass is 32.1. The second-order valence-corrected chi connectivity index (χ2v) is 14.0. The Morgan fingerprint density at radius 3 is 2.64 bits per heavy atom. The summed E-state index contributed by atoms with van der Waals surface area (Å²) in [5.74, 6) is -0.809. The number of aliphatic imine (C=N–C) groups is 1. The van der Waals surface area contributed by atoms with Crippen molar-refractivity contribution in [3.8, 4) is 0 Å². The van der Waals surface area contributed by atoms with E-state index in [1.54, 1.807) is 25.3 Å². The Balaban J connectivity index is 1.02. The van der Waals surface area contributed by atoms with Crippen molar-refractivity contribution in [3.63, 3.8) is 0 Å². The van der Waals surface area contributed by atoms with Crippen molar-refractivity contribution in [2.24, 2.45) is 4.99 Å². The average molecular weight is 620 g/mol. The number of thiazole rings is 1. The van der Waals surface area contributed by atoms with Crippen LogP contribution in [0, 0.1) is 12.7 Å². The molecule has 6 fully saturated rings. The zero-order chi connectivity index (χ0) is 30.4. The maximum atomic E-state index is 14.6. The van der Waals surface area contributed by atoms with Crippen LogP contribution >= 0.6 is 11.3 Å². The Morgan fingerprint density at radius 1 is 1.14 bits per heavy atom. The molecule has 9 rings (SSSR count). The van der Waals surface area contributed by atoms with Crippen LogP contribution in [0.1, 0.15) is 54.3 Å². The Labute approximate surface area is 258 Å². The van der Waals surface area contributed by atoms with E-state index in [0.717, 1.165) is 32.2 Å². The van der Waals surface area contributed by atoms with E-state index in [0.29, 0.717) is 66.8 Å². The molecule has 11 nitrogen and oxygen atoms in total. The van der Waals surface area contributed by atoms with Gasteiger partial charge >= 0.3 is 12.0 Å². The molecular formula is C31H34FN7O4S. The maximum Gasteiger partial charge on any atom is 0.335 e. The van der Waals surface area contributed by atoms with Crippen LogP contribution in [0.25, 0.3) is 0 Å². The number of hydrogen-bond acceptors (Lipinski definition) is 8. The van der Waals surface area contributed by atoms with Gasteiger partial charge in [-0.3, -0.25) is 14.7 Å². The number of halogens is 1. The summed E-state index contributed by atoms with van der Waals surface area (Å²) >= 11 is 1.39. The number of nitrogens with one attached hydrogen (secondary N) is 1. The number of benzene rings is 1. The number of carbonyl (C=O) groups is 3. The van der Waals surface area contributed by atoms with E-state index in [1.165, 1.54) is 17.4 Å². The number of amides is 3. The molecule has 230 valence electrons. The molecule has 7 aliphatic rings. The zero-order valence-electron chi connectivity index (χ0n) is 24.5. The number of carboxylic acids is 1. The van der Waals surface area contributed by atoms with Gasteiger partial charge in [-0.1, -0.05) is 12.1 Å². The SMILES string of the molecule is Cc1c(F)cccc1C1N=C(c2nccs2)NC(CN2CCN3C(=O)N(C45CC(N6CCCC6=O)(C4)C5)CC3C2)=C1C(=O)O. The molecule has 0 radical (unpaired) electrons. The van der Waals surface area contributed by atoms with Crippen LogP contribution in [0.2, 0.25) is 0 Å². The van der Waals surface area contributed by atoms with Gasteiger partial charge in [-0.2, -0.15) is 0 Å². The predicted molar refractivity (Wildman–Crippen MR) is 160 cm³/mol. The lowest BCUT2D eigenvalue weighted by molar-refractivity contribution is -0.211. The normalized spacial score (nSPS) is 31.5. The van der Waals surface area contributed by atoms with E-state index in [-0.39, 0.29) is 34.6 Å². The van der Waals surface area contributed by atoms with Gasteiger partial charge in [0.15, 0.2) is 10.8 Å². The van der Waals surface area contributed by atoms with E-state index < -0.39 is 17.8 Å². The zero-order valence-corrected chi connectivity index (χ0v) is 25.3. The van der Waals surface area contributed by atoms with Crippen molar-refractivity contribution < 1.29 is 23.9 Å². The van der Waals surface area contributed by atoms with E-state index in [2.05, 4.69) is 25.0 Å². The third kappa shape index (κ3) is 4.04. The predicted octanol–water partition coefficient (Wildman–Crippen LogP) is 2.74. The molecule has 2 bridgehead atoms. The largest absolute Gasteiger partial charge is 0.478 e. The summed E-state index contributed by atoms with van der Waals surface area (Å²) < 4.78 is 14.6. The Kier molecular flexibility index (Phi) is 6.19.